The lowest BCUT2D eigenvalue weighted by Crippen LogP contribution is -2.14. The second-order valence-corrected chi connectivity index (χ2v) is 7.62. The van der Waals surface area contributed by atoms with Gasteiger partial charge in [-0.05, 0) is 55.5 Å². The highest BCUT2D eigenvalue weighted by molar-refractivity contribution is 7.90. The lowest BCUT2D eigenvalue weighted by atomic mass is 10.2. The summed E-state index contributed by atoms with van der Waals surface area (Å²) in [6, 6.07) is 15.2. The van der Waals surface area contributed by atoms with Gasteiger partial charge in [0, 0.05) is 29.0 Å². The summed E-state index contributed by atoms with van der Waals surface area (Å²) in [5, 5.41) is 3.89. The first kappa shape index (κ1) is 19.4. The minimum atomic E-state index is -3.95. The lowest BCUT2D eigenvalue weighted by Gasteiger charge is -2.10. The minimum Gasteiger partial charge on any atom is -0.497 e. The number of fused-ring (bicyclic) bond motifs is 1. The lowest BCUT2D eigenvalue weighted by molar-refractivity contribution is 0.414. The number of amidine groups is 1. The Morgan fingerprint density at radius 1 is 1.14 bits per heavy atom. The molecule has 0 atom stereocenters. The number of allylic oxidation sites excluding steroid dienone is 1. The first-order valence-electron chi connectivity index (χ1n) is 8.42. The van der Waals surface area contributed by atoms with E-state index in [0.717, 1.165) is 10.9 Å². The van der Waals surface area contributed by atoms with Crippen molar-refractivity contribution in [2.75, 3.05) is 12.4 Å². The quantitative estimate of drug-likeness (QED) is 0.506. The number of pyridine rings is 1. The second kappa shape index (κ2) is 8.10. The van der Waals surface area contributed by atoms with Gasteiger partial charge in [0.05, 0.1) is 17.5 Å². The Bertz CT molecular complexity index is 1140. The van der Waals surface area contributed by atoms with Gasteiger partial charge in [0.2, 0.25) is 0 Å². The van der Waals surface area contributed by atoms with Gasteiger partial charge in [-0.25, -0.2) is 0 Å². The van der Waals surface area contributed by atoms with Crippen LogP contribution in [0.25, 0.3) is 10.9 Å². The fourth-order valence-electron chi connectivity index (χ4n) is 2.58. The Morgan fingerprint density at radius 2 is 1.89 bits per heavy atom. The van der Waals surface area contributed by atoms with Gasteiger partial charge in [0.15, 0.2) is 0 Å². The third-order valence-corrected chi connectivity index (χ3v) is 5.15. The molecule has 0 aliphatic rings. The van der Waals surface area contributed by atoms with Crippen molar-refractivity contribution in [3.8, 4) is 5.75 Å². The number of hydrogen-bond acceptors (Lipinski definition) is 5. The van der Waals surface area contributed by atoms with Crippen molar-refractivity contribution < 1.29 is 13.2 Å². The van der Waals surface area contributed by atoms with Crippen molar-refractivity contribution in [3.63, 3.8) is 0 Å². The minimum absolute atomic E-state index is 0.0512. The summed E-state index contributed by atoms with van der Waals surface area (Å²) < 4.78 is 34.5. The fraction of sp³-hybridized carbons (Fsp3) is 0.100. The average molecular weight is 396 g/mol. The van der Waals surface area contributed by atoms with Gasteiger partial charge >= 0.3 is 0 Å². The van der Waals surface area contributed by atoms with Gasteiger partial charge in [-0.3, -0.25) is 4.98 Å². The number of nitrogens with zero attached hydrogens (tertiary/aromatic N) is 2. The number of benzene rings is 2. The fourth-order valence-corrected chi connectivity index (χ4v) is 3.52. The molecule has 0 aliphatic heterocycles. The summed E-state index contributed by atoms with van der Waals surface area (Å²) >= 11 is 0. The maximum Gasteiger partial charge on any atom is 0.284 e. The normalized spacial score (nSPS) is 12.8. The van der Waals surface area contributed by atoms with E-state index in [1.807, 2.05) is 30.3 Å². The van der Waals surface area contributed by atoms with Crippen molar-refractivity contribution in [1.29, 1.82) is 0 Å². The van der Waals surface area contributed by atoms with Crippen LogP contribution in [0, 0.1) is 0 Å². The number of anilines is 1. The predicted octanol–water partition coefficient (Wildman–Crippen LogP) is 3.31. The van der Waals surface area contributed by atoms with Gasteiger partial charge in [0.25, 0.3) is 10.0 Å². The maximum atomic E-state index is 12.7. The van der Waals surface area contributed by atoms with Gasteiger partial charge in [-0.15, -0.1) is 4.40 Å². The molecule has 1 aromatic heterocycles. The second-order valence-electron chi connectivity index (χ2n) is 6.02. The number of hydrogen-bond donors (Lipinski definition) is 2. The summed E-state index contributed by atoms with van der Waals surface area (Å²) in [6.45, 7) is 1.65. The van der Waals surface area contributed by atoms with Gasteiger partial charge in [-0.2, -0.15) is 8.42 Å². The Balaban J connectivity index is 2.02. The highest BCUT2D eigenvalue weighted by Crippen LogP contribution is 2.22. The van der Waals surface area contributed by atoms with E-state index in [4.69, 9.17) is 10.5 Å². The van der Waals surface area contributed by atoms with E-state index in [0.29, 0.717) is 17.1 Å². The van der Waals surface area contributed by atoms with Crippen molar-refractivity contribution >= 4 is 32.4 Å². The molecular formula is C20H20N4O3S. The molecule has 3 aromatic rings. The number of sulfonamides is 1. The highest BCUT2D eigenvalue weighted by Gasteiger charge is 2.15. The van der Waals surface area contributed by atoms with E-state index in [9.17, 15) is 8.42 Å². The van der Waals surface area contributed by atoms with Gasteiger partial charge in [-0.1, -0.05) is 6.07 Å². The molecule has 0 radical (unpaired) electrons. The smallest absolute Gasteiger partial charge is 0.284 e. The Labute approximate surface area is 163 Å². The summed E-state index contributed by atoms with van der Waals surface area (Å²) in [6.07, 6.45) is 3.16. The first-order chi connectivity index (χ1) is 13.4. The van der Waals surface area contributed by atoms with E-state index < -0.39 is 10.0 Å². The Kier molecular flexibility index (Phi) is 5.60. The number of aromatic nitrogens is 1. The molecular weight excluding hydrogens is 376 g/mol. The third-order valence-electron chi connectivity index (χ3n) is 3.85. The number of nitrogens with two attached hydrogens (primary N) is 1. The van der Waals surface area contributed by atoms with Crippen molar-refractivity contribution in [2.24, 2.45) is 10.1 Å². The van der Waals surface area contributed by atoms with E-state index in [1.165, 1.54) is 25.3 Å². The van der Waals surface area contributed by atoms with Crippen LogP contribution in [-0.2, 0) is 10.0 Å². The average Bonchev–Trinajstić information content (AvgIpc) is 2.67. The molecule has 0 fully saturated rings. The molecule has 3 rings (SSSR count). The van der Waals surface area contributed by atoms with Crippen molar-refractivity contribution in [2.45, 2.75) is 11.8 Å². The monoisotopic (exact) mass is 396 g/mol. The van der Waals surface area contributed by atoms with Crippen LogP contribution < -0.4 is 15.8 Å². The van der Waals surface area contributed by atoms with Crippen LogP contribution in [0.5, 0.6) is 5.75 Å². The predicted molar refractivity (Wildman–Crippen MR) is 111 cm³/mol. The third kappa shape index (κ3) is 4.47. The molecule has 1 heterocycles. The zero-order chi connectivity index (χ0) is 20.1. The molecule has 0 bridgehead atoms. The van der Waals surface area contributed by atoms with Crippen LogP contribution in [0.15, 0.2) is 81.9 Å². The van der Waals surface area contributed by atoms with Gasteiger partial charge in [0.1, 0.15) is 11.6 Å². The van der Waals surface area contributed by atoms with E-state index in [2.05, 4.69) is 14.7 Å². The van der Waals surface area contributed by atoms with Gasteiger partial charge < -0.3 is 15.8 Å². The SMILES string of the molecule is COc1ccc(S(=O)(=O)N=C(C=C(C)N)Nc2cccc3ncccc23)cc1. The van der Waals surface area contributed by atoms with Crippen molar-refractivity contribution in [1.82, 2.24) is 4.98 Å². The Hall–Kier alpha value is -3.39. The molecule has 3 N–H and O–H groups in total. The van der Waals surface area contributed by atoms with E-state index in [-0.39, 0.29) is 10.7 Å². The van der Waals surface area contributed by atoms with E-state index >= 15 is 0 Å². The molecule has 2 aromatic carbocycles. The molecule has 144 valence electrons. The summed E-state index contributed by atoms with van der Waals surface area (Å²) in [4.78, 5) is 4.35. The molecule has 7 nitrogen and oxygen atoms in total. The summed E-state index contributed by atoms with van der Waals surface area (Å²) in [7, 11) is -2.44. The van der Waals surface area contributed by atoms with Crippen LogP contribution in [-0.4, -0.2) is 26.3 Å². The number of methoxy groups -OCH3 is 1. The largest absolute Gasteiger partial charge is 0.497 e. The highest BCUT2D eigenvalue weighted by atomic mass is 32.2. The molecule has 0 aliphatic carbocycles. The number of rotatable bonds is 5. The topological polar surface area (TPSA) is 107 Å². The molecule has 8 heteroatoms. The summed E-state index contributed by atoms with van der Waals surface area (Å²) in [5.41, 5.74) is 7.63. The standard InChI is InChI=1S/C20H20N4O3S/c1-14(21)13-20(23-19-7-3-6-18-17(19)5-4-12-22-18)24-28(25,26)16-10-8-15(27-2)9-11-16/h3-13H,21H2,1-2H3,(H,23,24). The maximum absolute atomic E-state index is 12.7. The van der Waals surface area contributed by atoms with Crippen LogP contribution in [0.4, 0.5) is 5.69 Å². The van der Waals surface area contributed by atoms with Crippen LogP contribution in [0.1, 0.15) is 6.92 Å². The zero-order valence-corrected chi connectivity index (χ0v) is 16.3. The van der Waals surface area contributed by atoms with Crippen LogP contribution >= 0.6 is 0 Å². The molecule has 28 heavy (non-hydrogen) atoms. The molecule has 0 amide bonds. The van der Waals surface area contributed by atoms with Crippen LogP contribution in [0.2, 0.25) is 0 Å². The molecule has 0 saturated heterocycles. The zero-order valence-electron chi connectivity index (χ0n) is 15.5. The van der Waals surface area contributed by atoms with E-state index in [1.54, 1.807) is 25.3 Å². The van der Waals surface area contributed by atoms with Crippen molar-refractivity contribution in [3.05, 3.63) is 72.6 Å². The molecule has 0 saturated carbocycles. The Morgan fingerprint density at radius 3 is 2.57 bits per heavy atom. The number of ether oxygens (including phenoxy) is 1. The molecule has 0 spiro atoms. The summed E-state index contributed by atoms with van der Waals surface area (Å²) in [5.74, 6) is 0.661. The molecule has 0 unspecified atom stereocenters. The van der Waals surface area contributed by atoms with Crippen LogP contribution in [0.3, 0.4) is 0 Å². The number of nitrogens with one attached hydrogen (secondary N) is 1. The first-order valence-corrected chi connectivity index (χ1v) is 9.86.